The topological polar surface area (TPSA) is 68.0 Å². The van der Waals surface area contributed by atoms with Crippen LogP contribution in [0.15, 0.2) is 29.4 Å². The molecule has 0 radical (unpaired) electrons. The van der Waals surface area contributed by atoms with E-state index in [1.54, 1.807) is 12.1 Å². The van der Waals surface area contributed by atoms with E-state index < -0.39 is 0 Å². The lowest BCUT2D eigenvalue weighted by molar-refractivity contribution is 0.0953. The quantitative estimate of drug-likeness (QED) is 0.856. The van der Waals surface area contributed by atoms with Gasteiger partial charge in [-0.1, -0.05) is 22.5 Å². The second-order valence-corrected chi connectivity index (χ2v) is 3.80. The van der Waals surface area contributed by atoms with E-state index in [1.165, 1.54) is 6.20 Å². The first kappa shape index (κ1) is 10.7. The minimum atomic E-state index is -0.245. The average molecular weight is 256 g/mol. The number of hydrogen-bond acceptors (Lipinski definition) is 3. The van der Waals surface area contributed by atoms with Crippen molar-refractivity contribution >= 4 is 27.5 Å². The van der Waals surface area contributed by atoms with Gasteiger partial charge < -0.3 is 11.1 Å². The van der Waals surface area contributed by atoms with Crippen LogP contribution >= 0.6 is 15.9 Å². The van der Waals surface area contributed by atoms with E-state index in [9.17, 15) is 4.79 Å². The maximum Gasteiger partial charge on any atom is 0.270 e. The average Bonchev–Trinajstić information content (AvgIpc) is 2.15. The molecule has 4 nitrogen and oxygen atoms in total. The van der Waals surface area contributed by atoms with Crippen molar-refractivity contribution in [1.29, 1.82) is 0 Å². The number of nitrogens with one attached hydrogen (secondary N) is 1. The van der Waals surface area contributed by atoms with Crippen molar-refractivity contribution < 1.29 is 4.79 Å². The van der Waals surface area contributed by atoms with Gasteiger partial charge in [0.25, 0.3) is 5.91 Å². The van der Waals surface area contributed by atoms with E-state index >= 15 is 0 Å². The lowest BCUT2D eigenvalue weighted by Crippen LogP contribution is -2.25. The highest BCUT2D eigenvalue weighted by Crippen LogP contribution is 2.02. The summed E-state index contributed by atoms with van der Waals surface area (Å²) in [5, 5.41) is 2.63. The molecule has 0 spiro atoms. The number of amides is 1. The molecule has 0 saturated carbocycles. The molecular weight excluding hydrogens is 246 g/mol. The third-order valence-corrected chi connectivity index (χ3v) is 1.74. The molecule has 0 aliphatic heterocycles. The lowest BCUT2D eigenvalue weighted by Gasteiger charge is -2.02. The Morgan fingerprint density at radius 1 is 1.64 bits per heavy atom. The minimum Gasteiger partial charge on any atom is -0.397 e. The van der Waals surface area contributed by atoms with Crippen molar-refractivity contribution in [3.05, 3.63) is 35.1 Å². The summed E-state index contributed by atoms with van der Waals surface area (Å²) < 4.78 is 0.710. The van der Waals surface area contributed by atoms with Crippen LogP contribution in [0.5, 0.6) is 0 Å². The zero-order valence-corrected chi connectivity index (χ0v) is 9.04. The predicted molar refractivity (Wildman–Crippen MR) is 59.0 cm³/mol. The van der Waals surface area contributed by atoms with Gasteiger partial charge >= 0.3 is 0 Å². The molecule has 1 amide bonds. The number of nitrogen functional groups attached to an aromatic ring is 1. The number of carbonyl (C=O) groups excluding carboxylic acids is 1. The van der Waals surface area contributed by atoms with Crippen LogP contribution in [-0.4, -0.2) is 17.4 Å². The summed E-state index contributed by atoms with van der Waals surface area (Å²) in [5.41, 5.74) is 6.31. The highest BCUT2D eigenvalue weighted by molar-refractivity contribution is 9.11. The van der Waals surface area contributed by atoms with Gasteiger partial charge in [-0.3, -0.25) is 4.79 Å². The fraction of sp³-hybridized carbons (Fsp3) is 0.111. The number of nitrogens with two attached hydrogens (primary N) is 1. The van der Waals surface area contributed by atoms with E-state index in [0.717, 1.165) is 0 Å². The molecule has 74 valence electrons. The monoisotopic (exact) mass is 255 g/mol. The molecule has 14 heavy (non-hydrogen) atoms. The van der Waals surface area contributed by atoms with Crippen LogP contribution in [0.1, 0.15) is 10.5 Å². The van der Waals surface area contributed by atoms with Crippen LogP contribution in [-0.2, 0) is 0 Å². The van der Waals surface area contributed by atoms with Gasteiger partial charge in [-0.25, -0.2) is 4.98 Å². The van der Waals surface area contributed by atoms with Gasteiger partial charge in [-0.15, -0.1) is 0 Å². The van der Waals surface area contributed by atoms with Gasteiger partial charge in [0.05, 0.1) is 11.9 Å². The van der Waals surface area contributed by atoms with Gasteiger partial charge in [0.1, 0.15) is 5.69 Å². The summed E-state index contributed by atoms with van der Waals surface area (Å²) in [6.45, 7) is 3.98. The van der Waals surface area contributed by atoms with E-state index in [4.69, 9.17) is 5.73 Å². The Bertz CT molecular complexity index is 348. The SMILES string of the molecule is C=C(Br)CNC(=O)c1ccc(N)cn1. The van der Waals surface area contributed by atoms with Crippen LogP contribution in [0.25, 0.3) is 0 Å². The minimum absolute atomic E-state index is 0.245. The van der Waals surface area contributed by atoms with E-state index in [-0.39, 0.29) is 5.91 Å². The summed E-state index contributed by atoms with van der Waals surface area (Å²) in [5.74, 6) is -0.245. The Balaban J connectivity index is 2.61. The molecule has 0 saturated heterocycles. The second kappa shape index (κ2) is 4.76. The van der Waals surface area contributed by atoms with Gasteiger partial charge in [0, 0.05) is 11.0 Å². The van der Waals surface area contributed by atoms with Crippen molar-refractivity contribution in [2.75, 3.05) is 12.3 Å². The molecule has 1 heterocycles. The van der Waals surface area contributed by atoms with E-state index in [1.807, 2.05) is 0 Å². The first-order valence-electron chi connectivity index (χ1n) is 3.92. The first-order valence-corrected chi connectivity index (χ1v) is 4.72. The van der Waals surface area contributed by atoms with Crippen LogP contribution in [0.2, 0.25) is 0 Å². The Morgan fingerprint density at radius 2 is 2.36 bits per heavy atom. The number of nitrogens with zero attached hydrogens (tertiary/aromatic N) is 1. The standard InChI is InChI=1S/C9H10BrN3O/c1-6(10)4-13-9(14)8-3-2-7(11)5-12-8/h2-3,5H,1,4,11H2,(H,13,14). The van der Waals surface area contributed by atoms with Crippen LogP contribution in [0.3, 0.4) is 0 Å². The summed E-state index contributed by atoms with van der Waals surface area (Å²) in [6.07, 6.45) is 1.44. The van der Waals surface area contributed by atoms with Crippen molar-refractivity contribution in [1.82, 2.24) is 10.3 Å². The number of aromatic nitrogens is 1. The Hall–Kier alpha value is -1.36. The number of anilines is 1. The molecule has 0 aromatic carbocycles. The maximum absolute atomic E-state index is 11.4. The Kier molecular flexibility index (Phi) is 3.64. The van der Waals surface area contributed by atoms with Crippen LogP contribution < -0.4 is 11.1 Å². The normalized spacial score (nSPS) is 9.50. The molecule has 0 fully saturated rings. The molecule has 1 aromatic rings. The first-order chi connectivity index (χ1) is 6.59. The summed E-state index contributed by atoms with van der Waals surface area (Å²) in [6, 6.07) is 3.20. The zero-order chi connectivity index (χ0) is 10.6. The fourth-order valence-electron chi connectivity index (χ4n) is 0.806. The van der Waals surface area contributed by atoms with Gasteiger partial charge in [0.2, 0.25) is 0 Å². The highest BCUT2D eigenvalue weighted by Gasteiger charge is 2.05. The summed E-state index contributed by atoms with van der Waals surface area (Å²) >= 11 is 3.14. The Labute approximate surface area is 90.3 Å². The molecule has 0 bridgehead atoms. The summed E-state index contributed by atoms with van der Waals surface area (Å²) in [7, 11) is 0. The molecule has 0 unspecified atom stereocenters. The largest absolute Gasteiger partial charge is 0.397 e. The molecule has 0 aliphatic carbocycles. The van der Waals surface area contributed by atoms with Gasteiger partial charge in [-0.2, -0.15) is 0 Å². The van der Waals surface area contributed by atoms with Crippen molar-refractivity contribution in [2.45, 2.75) is 0 Å². The maximum atomic E-state index is 11.4. The van der Waals surface area contributed by atoms with Crippen molar-refractivity contribution in [3.8, 4) is 0 Å². The molecule has 0 atom stereocenters. The van der Waals surface area contributed by atoms with Crippen molar-refractivity contribution in [2.24, 2.45) is 0 Å². The Morgan fingerprint density at radius 3 is 2.86 bits per heavy atom. The molecule has 3 N–H and O–H groups in total. The molecule has 5 heteroatoms. The van der Waals surface area contributed by atoms with E-state index in [0.29, 0.717) is 22.4 Å². The van der Waals surface area contributed by atoms with E-state index in [2.05, 4.69) is 32.8 Å². The zero-order valence-electron chi connectivity index (χ0n) is 7.46. The number of rotatable bonds is 3. The number of halogens is 1. The molecule has 1 aromatic heterocycles. The third kappa shape index (κ3) is 3.18. The number of carbonyl (C=O) groups is 1. The highest BCUT2D eigenvalue weighted by atomic mass is 79.9. The van der Waals surface area contributed by atoms with Crippen LogP contribution in [0, 0.1) is 0 Å². The van der Waals surface area contributed by atoms with Gasteiger partial charge in [-0.05, 0) is 12.1 Å². The smallest absolute Gasteiger partial charge is 0.270 e. The molecule has 0 aliphatic rings. The number of pyridine rings is 1. The summed E-state index contributed by atoms with van der Waals surface area (Å²) in [4.78, 5) is 15.3. The third-order valence-electron chi connectivity index (χ3n) is 1.46. The molecule has 1 rings (SSSR count). The fourth-order valence-corrected chi connectivity index (χ4v) is 0.947. The number of hydrogen-bond donors (Lipinski definition) is 2. The second-order valence-electron chi connectivity index (χ2n) is 2.68. The van der Waals surface area contributed by atoms with Gasteiger partial charge in [0.15, 0.2) is 0 Å². The molecular formula is C9H10BrN3O. The predicted octanol–water partition coefficient (Wildman–Crippen LogP) is 1.30. The lowest BCUT2D eigenvalue weighted by atomic mass is 10.3. The van der Waals surface area contributed by atoms with Crippen molar-refractivity contribution in [3.63, 3.8) is 0 Å². The van der Waals surface area contributed by atoms with Crippen LogP contribution in [0.4, 0.5) is 5.69 Å².